The lowest BCUT2D eigenvalue weighted by molar-refractivity contribution is -0.141. The summed E-state index contributed by atoms with van der Waals surface area (Å²) in [6.45, 7) is -0.365. The lowest BCUT2D eigenvalue weighted by Gasteiger charge is -2.24. The Bertz CT molecular complexity index is 1400. The summed E-state index contributed by atoms with van der Waals surface area (Å²) >= 11 is 6.30. The summed E-state index contributed by atoms with van der Waals surface area (Å²) in [7, 11) is 0. The van der Waals surface area contributed by atoms with E-state index in [9.17, 15) is 14.4 Å². The molecule has 2 amide bonds. The molecule has 0 radical (unpaired) electrons. The number of alkyl halides is 1. The highest BCUT2D eigenvalue weighted by Gasteiger charge is 2.42. The van der Waals surface area contributed by atoms with Crippen molar-refractivity contribution in [1.29, 1.82) is 0 Å². The second-order valence-electron chi connectivity index (χ2n) is 7.77. The predicted molar refractivity (Wildman–Crippen MR) is 124 cm³/mol. The summed E-state index contributed by atoms with van der Waals surface area (Å²) < 4.78 is 16.3. The monoisotopic (exact) mass is 478 g/mol. The van der Waals surface area contributed by atoms with Gasteiger partial charge in [-0.25, -0.2) is 9.80 Å². The van der Waals surface area contributed by atoms with E-state index in [1.54, 1.807) is 30.3 Å². The van der Waals surface area contributed by atoms with Gasteiger partial charge in [-0.1, -0.05) is 30.3 Å². The molecule has 1 saturated heterocycles. The van der Waals surface area contributed by atoms with Gasteiger partial charge in [0.2, 0.25) is 5.91 Å². The van der Waals surface area contributed by atoms with E-state index in [0.29, 0.717) is 17.1 Å². The third-order valence-corrected chi connectivity index (χ3v) is 5.90. The number of benzene rings is 2. The minimum absolute atomic E-state index is 0.0709. The van der Waals surface area contributed by atoms with Gasteiger partial charge in [-0.2, -0.15) is 0 Å². The fraction of sp³-hybridized carbons (Fsp3) is 0.160. The van der Waals surface area contributed by atoms with Crippen molar-refractivity contribution in [2.24, 2.45) is 0 Å². The summed E-state index contributed by atoms with van der Waals surface area (Å²) in [6.07, 6.45) is 1.55. The first-order valence-electron chi connectivity index (χ1n) is 10.5. The topological polar surface area (TPSA) is 102 Å². The molecule has 2 atom stereocenters. The van der Waals surface area contributed by atoms with Crippen LogP contribution in [0.1, 0.15) is 18.2 Å². The summed E-state index contributed by atoms with van der Waals surface area (Å²) in [4.78, 5) is 37.0. The zero-order valence-electron chi connectivity index (χ0n) is 17.8. The van der Waals surface area contributed by atoms with Gasteiger partial charge in [-0.05, 0) is 35.4 Å². The van der Waals surface area contributed by atoms with Crippen LogP contribution in [0.25, 0.3) is 22.1 Å². The second kappa shape index (κ2) is 9.07. The molecule has 1 aliphatic heterocycles. The van der Waals surface area contributed by atoms with Crippen molar-refractivity contribution in [3.8, 4) is 16.9 Å². The highest BCUT2D eigenvalue weighted by Crippen LogP contribution is 2.35. The molecule has 0 saturated carbocycles. The highest BCUT2D eigenvalue weighted by atomic mass is 35.5. The quantitative estimate of drug-likeness (QED) is 0.331. The molecular weight excluding hydrogens is 460 g/mol. The summed E-state index contributed by atoms with van der Waals surface area (Å²) in [5.41, 5.74) is 4.01. The van der Waals surface area contributed by atoms with E-state index in [0.717, 1.165) is 16.5 Å². The molecule has 2 aromatic heterocycles. The maximum Gasteiger partial charge on any atom is 0.336 e. The van der Waals surface area contributed by atoms with Gasteiger partial charge in [0.05, 0.1) is 11.6 Å². The molecule has 0 aliphatic carbocycles. The average Bonchev–Trinajstić information content (AvgIpc) is 3.45. The van der Waals surface area contributed by atoms with Crippen LogP contribution in [0.15, 0.2) is 86.6 Å². The molecule has 0 bridgehead atoms. The van der Waals surface area contributed by atoms with Crippen LogP contribution in [0.3, 0.4) is 0 Å². The van der Waals surface area contributed by atoms with E-state index in [1.807, 2.05) is 30.3 Å². The molecule has 5 rings (SSSR count). The smallest absolute Gasteiger partial charge is 0.336 e. The number of nitrogens with one attached hydrogen (secondary N) is 1. The number of hydrogen-bond acceptors (Lipinski definition) is 6. The Balaban J connectivity index is 1.31. The van der Waals surface area contributed by atoms with E-state index in [-0.39, 0.29) is 18.9 Å². The third kappa shape index (κ3) is 4.27. The first-order valence-corrected chi connectivity index (χ1v) is 11.0. The van der Waals surface area contributed by atoms with Crippen LogP contribution in [0, 0.1) is 0 Å². The van der Waals surface area contributed by atoms with Crippen LogP contribution >= 0.6 is 11.6 Å². The van der Waals surface area contributed by atoms with Crippen molar-refractivity contribution in [3.63, 3.8) is 0 Å². The average molecular weight is 479 g/mol. The predicted octanol–water partition coefficient (Wildman–Crippen LogP) is 4.04. The van der Waals surface area contributed by atoms with Gasteiger partial charge in [0, 0.05) is 23.9 Å². The van der Waals surface area contributed by atoms with Crippen molar-refractivity contribution in [2.45, 2.75) is 17.8 Å². The van der Waals surface area contributed by atoms with Crippen LogP contribution in [0.4, 0.5) is 0 Å². The summed E-state index contributed by atoms with van der Waals surface area (Å²) in [5.74, 6) is -0.0571. The number of furan rings is 1. The van der Waals surface area contributed by atoms with Crippen LogP contribution in [-0.2, 0) is 9.59 Å². The lowest BCUT2D eigenvalue weighted by Crippen LogP contribution is -2.46. The van der Waals surface area contributed by atoms with Gasteiger partial charge < -0.3 is 13.6 Å². The van der Waals surface area contributed by atoms with Crippen LogP contribution in [0.5, 0.6) is 5.75 Å². The zero-order valence-corrected chi connectivity index (χ0v) is 18.5. The van der Waals surface area contributed by atoms with Crippen molar-refractivity contribution >= 4 is 34.4 Å². The Morgan fingerprint density at radius 1 is 1.09 bits per heavy atom. The molecule has 1 N–H and O–H groups in total. The van der Waals surface area contributed by atoms with Gasteiger partial charge in [0.25, 0.3) is 5.91 Å². The van der Waals surface area contributed by atoms with E-state index < -0.39 is 23.0 Å². The summed E-state index contributed by atoms with van der Waals surface area (Å²) in [6, 6.07) is 18.7. The normalized spacial score (nSPS) is 17.8. The number of amides is 2. The van der Waals surface area contributed by atoms with Gasteiger partial charge in [0.1, 0.15) is 23.1 Å². The molecule has 34 heavy (non-hydrogen) atoms. The minimum atomic E-state index is -0.612. The largest absolute Gasteiger partial charge is 0.484 e. The number of fused-ring (bicyclic) bond motifs is 1. The number of carbonyl (C=O) groups is 2. The van der Waals surface area contributed by atoms with E-state index in [1.165, 1.54) is 17.3 Å². The minimum Gasteiger partial charge on any atom is -0.484 e. The lowest BCUT2D eigenvalue weighted by atomic mass is 10.0. The van der Waals surface area contributed by atoms with Crippen molar-refractivity contribution < 1.29 is 23.2 Å². The number of hydrazine groups is 1. The van der Waals surface area contributed by atoms with Crippen molar-refractivity contribution in [1.82, 2.24) is 10.4 Å². The zero-order chi connectivity index (χ0) is 23.7. The van der Waals surface area contributed by atoms with Crippen molar-refractivity contribution in [2.75, 3.05) is 6.61 Å². The summed E-state index contributed by atoms with van der Waals surface area (Å²) in [5, 5.41) is 1.37. The van der Waals surface area contributed by atoms with E-state index in [4.69, 9.17) is 25.2 Å². The Morgan fingerprint density at radius 3 is 2.68 bits per heavy atom. The number of nitrogens with zero attached hydrogens (tertiary/aromatic N) is 1. The number of hydrogen-bond donors (Lipinski definition) is 1. The maximum absolute atomic E-state index is 12.5. The number of rotatable bonds is 6. The number of ether oxygens (including phenoxy) is 1. The van der Waals surface area contributed by atoms with E-state index >= 15 is 0 Å². The number of halogens is 1. The second-order valence-corrected chi connectivity index (χ2v) is 8.33. The Kier molecular flexibility index (Phi) is 5.81. The standard InChI is InChI=1S/C25H19ClN2O6/c26-19-13-23(30)28(25(19)20-7-4-10-32-20)27-22(29)14-33-16-8-9-17-18(15-5-2-1-3-6-15)12-24(31)34-21(17)11-16/h1-12,19,25H,13-14H2,(H,27,29). The third-order valence-electron chi connectivity index (χ3n) is 5.51. The SMILES string of the molecule is O=C(COc1ccc2c(-c3ccccc3)cc(=O)oc2c1)NN1C(=O)CC(Cl)C1c1ccco1. The molecule has 0 spiro atoms. The van der Waals surface area contributed by atoms with Crippen LogP contribution in [0.2, 0.25) is 0 Å². The molecule has 2 unspecified atom stereocenters. The molecule has 9 heteroatoms. The van der Waals surface area contributed by atoms with E-state index in [2.05, 4.69) is 5.43 Å². The van der Waals surface area contributed by atoms with Gasteiger partial charge in [-0.15, -0.1) is 11.6 Å². The highest BCUT2D eigenvalue weighted by molar-refractivity contribution is 6.23. The van der Waals surface area contributed by atoms with Gasteiger partial charge in [-0.3, -0.25) is 15.0 Å². The first kappa shape index (κ1) is 21.8. The first-order chi connectivity index (χ1) is 16.5. The Morgan fingerprint density at radius 2 is 1.91 bits per heavy atom. The van der Waals surface area contributed by atoms with Gasteiger partial charge in [0.15, 0.2) is 6.61 Å². The molecule has 172 valence electrons. The molecule has 2 aromatic carbocycles. The van der Waals surface area contributed by atoms with Gasteiger partial charge >= 0.3 is 5.63 Å². The fourth-order valence-electron chi connectivity index (χ4n) is 4.00. The maximum atomic E-state index is 12.5. The molecule has 8 nitrogen and oxygen atoms in total. The Labute approximate surface area is 198 Å². The molecule has 4 aromatic rings. The molecule has 1 aliphatic rings. The molecular formula is C25H19ClN2O6. The molecule has 3 heterocycles. The Hall–Kier alpha value is -4.04. The van der Waals surface area contributed by atoms with Crippen LogP contribution in [-0.4, -0.2) is 28.8 Å². The number of carbonyl (C=O) groups excluding carboxylic acids is 2. The molecule has 1 fully saturated rings. The fourth-order valence-corrected chi connectivity index (χ4v) is 4.36. The van der Waals surface area contributed by atoms with Crippen molar-refractivity contribution in [3.05, 3.63) is 89.2 Å². The van der Waals surface area contributed by atoms with Crippen LogP contribution < -0.4 is 15.8 Å².